The summed E-state index contributed by atoms with van der Waals surface area (Å²) in [5.74, 6) is 1.98. The van der Waals surface area contributed by atoms with Gasteiger partial charge in [-0.15, -0.1) is 0 Å². The normalized spacial score (nSPS) is 14.5. The number of benzene rings is 2. The van der Waals surface area contributed by atoms with Crippen LogP contribution in [-0.4, -0.2) is 53.6 Å². The van der Waals surface area contributed by atoms with Gasteiger partial charge in [0.1, 0.15) is 18.1 Å². The van der Waals surface area contributed by atoms with Gasteiger partial charge in [-0.3, -0.25) is 4.79 Å². The molecule has 28 heavy (non-hydrogen) atoms. The summed E-state index contributed by atoms with van der Waals surface area (Å²) in [5, 5.41) is 0. The van der Waals surface area contributed by atoms with Gasteiger partial charge in [-0.25, -0.2) is 4.98 Å². The van der Waals surface area contributed by atoms with Crippen molar-refractivity contribution in [2.75, 3.05) is 38.2 Å². The number of para-hydroxylation sites is 2. The Hall–Kier alpha value is -3.02. The van der Waals surface area contributed by atoms with Crippen molar-refractivity contribution in [3.05, 3.63) is 54.4 Å². The molecule has 0 spiro atoms. The molecule has 0 bridgehead atoms. The molecule has 3 aromatic rings. The zero-order chi connectivity index (χ0) is 19.5. The number of nitrogens with zero attached hydrogens (tertiary/aromatic N) is 4. The minimum atomic E-state index is 0.159. The lowest BCUT2D eigenvalue weighted by atomic mass is 10.2. The minimum Gasteiger partial charge on any atom is -0.497 e. The lowest BCUT2D eigenvalue weighted by molar-refractivity contribution is -0.132. The number of amides is 1. The van der Waals surface area contributed by atoms with Crippen molar-refractivity contribution in [3.8, 4) is 5.75 Å². The highest BCUT2D eigenvalue weighted by Crippen LogP contribution is 2.21. The summed E-state index contributed by atoms with van der Waals surface area (Å²) in [4.78, 5) is 21.9. The topological polar surface area (TPSA) is 50.6 Å². The number of methoxy groups -OCH3 is 1. The maximum atomic E-state index is 12.9. The predicted octanol–water partition coefficient (Wildman–Crippen LogP) is 2.96. The number of hydrogen-bond acceptors (Lipinski definition) is 4. The van der Waals surface area contributed by atoms with E-state index in [0.29, 0.717) is 6.54 Å². The van der Waals surface area contributed by atoms with E-state index in [4.69, 9.17) is 4.74 Å². The lowest BCUT2D eigenvalue weighted by Crippen LogP contribution is -2.49. The summed E-state index contributed by atoms with van der Waals surface area (Å²) in [5.41, 5.74) is 3.16. The fraction of sp³-hybridized carbons (Fsp3) is 0.364. The van der Waals surface area contributed by atoms with Crippen molar-refractivity contribution in [1.82, 2.24) is 14.5 Å². The number of aryl methyl sites for hydroxylation is 1. The Morgan fingerprint density at radius 2 is 1.75 bits per heavy atom. The number of carbonyl (C=O) groups excluding carboxylic acids is 1. The first-order chi connectivity index (χ1) is 13.7. The van der Waals surface area contributed by atoms with Crippen molar-refractivity contribution >= 4 is 22.6 Å². The molecule has 2 heterocycles. The summed E-state index contributed by atoms with van der Waals surface area (Å²) in [6.45, 7) is 5.58. The van der Waals surface area contributed by atoms with Gasteiger partial charge in [0.25, 0.3) is 0 Å². The molecule has 1 saturated heterocycles. The number of anilines is 1. The molecule has 1 aliphatic rings. The SMILES string of the molecule is CCc1nc2ccccc2n1CC(=O)N1CCN(c2ccc(OC)cc2)CC1. The average Bonchev–Trinajstić information content (AvgIpc) is 3.11. The number of rotatable bonds is 5. The fourth-order valence-electron chi connectivity index (χ4n) is 3.81. The summed E-state index contributed by atoms with van der Waals surface area (Å²) in [6, 6.07) is 16.1. The van der Waals surface area contributed by atoms with Crippen molar-refractivity contribution in [3.63, 3.8) is 0 Å². The molecule has 1 aromatic heterocycles. The zero-order valence-corrected chi connectivity index (χ0v) is 16.5. The largest absolute Gasteiger partial charge is 0.497 e. The van der Waals surface area contributed by atoms with Crippen LogP contribution in [-0.2, 0) is 17.8 Å². The average molecular weight is 378 g/mol. The third-order valence-electron chi connectivity index (χ3n) is 5.41. The molecule has 0 atom stereocenters. The number of fused-ring (bicyclic) bond motifs is 1. The molecule has 6 heteroatoms. The van der Waals surface area contributed by atoms with Gasteiger partial charge in [-0.2, -0.15) is 0 Å². The van der Waals surface area contributed by atoms with E-state index >= 15 is 0 Å². The number of hydrogen-bond donors (Lipinski definition) is 0. The molecule has 1 amide bonds. The summed E-state index contributed by atoms with van der Waals surface area (Å²) in [7, 11) is 1.67. The standard InChI is InChI=1S/C22H26N4O2/c1-3-21-23-19-6-4-5-7-20(19)26(21)16-22(27)25-14-12-24(13-15-25)17-8-10-18(28-2)11-9-17/h4-11H,3,12-16H2,1-2H3. The van der Waals surface area contributed by atoms with Crippen molar-refractivity contribution in [2.24, 2.45) is 0 Å². The van der Waals surface area contributed by atoms with E-state index in [1.807, 2.05) is 41.3 Å². The molecule has 2 aromatic carbocycles. The Balaban J connectivity index is 1.42. The molecule has 1 fully saturated rings. The predicted molar refractivity (Wildman–Crippen MR) is 111 cm³/mol. The second-order valence-corrected chi connectivity index (χ2v) is 7.02. The molecule has 0 radical (unpaired) electrons. The van der Waals surface area contributed by atoms with Crippen LogP contribution in [0.2, 0.25) is 0 Å². The Labute approximate surface area is 165 Å². The van der Waals surface area contributed by atoms with Crippen LogP contribution in [0.3, 0.4) is 0 Å². The Morgan fingerprint density at radius 1 is 1.04 bits per heavy atom. The second-order valence-electron chi connectivity index (χ2n) is 7.02. The lowest BCUT2D eigenvalue weighted by Gasteiger charge is -2.36. The first kappa shape index (κ1) is 18.3. The van der Waals surface area contributed by atoms with Crippen molar-refractivity contribution in [1.29, 1.82) is 0 Å². The second kappa shape index (κ2) is 7.92. The number of ether oxygens (including phenoxy) is 1. The van der Waals surface area contributed by atoms with E-state index in [9.17, 15) is 4.79 Å². The van der Waals surface area contributed by atoms with E-state index < -0.39 is 0 Å². The molecule has 4 rings (SSSR count). The Kier molecular flexibility index (Phi) is 5.19. The van der Waals surface area contributed by atoms with Gasteiger partial charge in [0.05, 0.1) is 18.1 Å². The van der Waals surface area contributed by atoms with Gasteiger partial charge >= 0.3 is 0 Å². The third kappa shape index (κ3) is 3.54. The maximum absolute atomic E-state index is 12.9. The van der Waals surface area contributed by atoms with E-state index in [1.165, 1.54) is 5.69 Å². The van der Waals surface area contributed by atoms with Gasteiger partial charge in [-0.1, -0.05) is 19.1 Å². The van der Waals surface area contributed by atoms with Crippen molar-refractivity contribution < 1.29 is 9.53 Å². The summed E-state index contributed by atoms with van der Waals surface area (Å²) >= 11 is 0. The molecule has 0 unspecified atom stereocenters. The highest BCUT2D eigenvalue weighted by Gasteiger charge is 2.23. The van der Waals surface area contributed by atoms with Crippen LogP contribution in [0.5, 0.6) is 5.75 Å². The van der Waals surface area contributed by atoms with Gasteiger partial charge in [0.15, 0.2) is 0 Å². The monoisotopic (exact) mass is 378 g/mol. The smallest absolute Gasteiger partial charge is 0.242 e. The summed E-state index contributed by atoms with van der Waals surface area (Å²) < 4.78 is 7.29. The Morgan fingerprint density at radius 3 is 2.43 bits per heavy atom. The molecule has 1 aliphatic heterocycles. The van der Waals surface area contributed by atoms with E-state index in [-0.39, 0.29) is 5.91 Å². The number of aromatic nitrogens is 2. The number of carbonyl (C=O) groups is 1. The van der Waals surface area contributed by atoms with Crippen LogP contribution < -0.4 is 9.64 Å². The van der Waals surface area contributed by atoms with Crippen LogP contribution in [0.4, 0.5) is 5.69 Å². The molecule has 146 valence electrons. The van der Waals surface area contributed by atoms with Crippen LogP contribution >= 0.6 is 0 Å². The van der Waals surface area contributed by atoms with Crippen LogP contribution in [0.1, 0.15) is 12.7 Å². The first-order valence-corrected chi connectivity index (χ1v) is 9.80. The van der Waals surface area contributed by atoms with Gasteiger partial charge in [-0.05, 0) is 36.4 Å². The minimum absolute atomic E-state index is 0.159. The molecule has 0 saturated carbocycles. The van der Waals surface area contributed by atoms with Gasteiger partial charge in [0, 0.05) is 38.3 Å². The van der Waals surface area contributed by atoms with Gasteiger partial charge < -0.3 is 19.1 Å². The van der Waals surface area contributed by atoms with Crippen LogP contribution in [0.15, 0.2) is 48.5 Å². The van der Waals surface area contributed by atoms with Gasteiger partial charge in [0.2, 0.25) is 5.91 Å². The van der Waals surface area contributed by atoms with Crippen LogP contribution in [0, 0.1) is 0 Å². The highest BCUT2D eigenvalue weighted by atomic mass is 16.5. The zero-order valence-electron chi connectivity index (χ0n) is 16.5. The van der Waals surface area contributed by atoms with E-state index in [2.05, 4.69) is 33.5 Å². The summed E-state index contributed by atoms with van der Waals surface area (Å²) in [6.07, 6.45) is 0.813. The maximum Gasteiger partial charge on any atom is 0.242 e. The van der Waals surface area contributed by atoms with E-state index in [1.54, 1.807) is 7.11 Å². The van der Waals surface area contributed by atoms with Crippen LogP contribution in [0.25, 0.3) is 11.0 Å². The van der Waals surface area contributed by atoms with E-state index in [0.717, 1.165) is 55.2 Å². The molecule has 0 N–H and O–H groups in total. The quantitative estimate of drug-likeness (QED) is 0.685. The highest BCUT2D eigenvalue weighted by molar-refractivity contribution is 5.81. The third-order valence-corrected chi connectivity index (χ3v) is 5.41. The molecule has 6 nitrogen and oxygen atoms in total. The van der Waals surface area contributed by atoms with Crippen molar-refractivity contribution in [2.45, 2.75) is 19.9 Å². The fourth-order valence-corrected chi connectivity index (χ4v) is 3.81. The number of imidazole rings is 1. The number of piperazine rings is 1. The molecular formula is C22H26N4O2. The first-order valence-electron chi connectivity index (χ1n) is 9.80. The Bertz CT molecular complexity index is 956. The molecular weight excluding hydrogens is 352 g/mol. The molecule has 0 aliphatic carbocycles.